The van der Waals surface area contributed by atoms with E-state index in [-0.39, 0.29) is 30.3 Å². The maximum atomic E-state index is 13.4. The molecule has 31 heavy (non-hydrogen) atoms. The minimum atomic E-state index is -0.167. The number of nitrogens with one attached hydrogen (secondary N) is 1. The van der Waals surface area contributed by atoms with Gasteiger partial charge in [0.1, 0.15) is 11.9 Å². The van der Waals surface area contributed by atoms with Crippen molar-refractivity contribution in [2.45, 2.75) is 49.9 Å². The van der Waals surface area contributed by atoms with Crippen LogP contribution in [0.25, 0.3) is 0 Å². The van der Waals surface area contributed by atoms with Crippen LogP contribution in [-0.2, 0) is 0 Å². The predicted octanol–water partition coefficient (Wildman–Crippen LogP) is 4.96. The number of carbonyl (C=O) groups is 1. The van der Waals surface area contributed by atoms with Crippen LogP contribution in [0, 0.1) is 0 Å². The Balaban J connectivity index is 1.31. The number of carbonyl (C=O) groups excluding carboxylic acids is 1. The molecule has 0 saturated carbocycles. The second-order valence-corrected chi connectivity index (χ2v) is 8.39. The zero-order chi connectivity index (χ0) is 21.0. The number of ether oxygens (including phenoxy) is 1. The lowest BCUT2D eigenvalue weighted by Gasteiger charge is -2.39. The third-order valence-corrected chi connectivity index (χ3v) is 6.41. The summed E-state index contributed by atoms with van der Waals surface area (Å²) in [5.41, 5.74) is 2.18. The van der Waals surface area contributed by atoms with Crippen LogP contribution < -0.4 is 10.1 Å². The van der Waals surface area contributed by atoms with Crippen molar-refractivity contribution in [3.05, 3.63) is 96.3 Å². The first-order valence-corrected chi connectivity index (χ1v) is 11.0. The normalized spacial score (nSPS) is 22.4. The van der Waals surface area contributed by atoms with Gasteiger partial charge in [-0.2, -0.15) is 0 Å². The molecule has 1 aromatic heterocycles. The number of piperidine rings is 1. The second-order valence-electron chi connectivity index (χ2n) is 8.39. The summed E-state index contributed by atoms with van der Waals surface area (Å²) in [5.74, 6) is 0.852. The maximum Gasteiger partial charge on any atom is 0.318 e. The minimum absolute atomic E-state index is 0.0209. The monoisotopic (exact) mass is 413 g/mol. The Morgan fingerprint density at radius 2 is 1.42 bits per heavy atom. The molecule has 2 amide bonds. The van der Waals surface area contributed by atoms with E-state index < -0.39 is 0 Å². The van der Waals surface area contributed by atoms with Crippen molar-refractivity contribution in [1.29, 1.82) is 0 Å². The summed E-state index contributed by atoms with van der Waals surface area (Å²) in [6.07, 6.45) is 7.45. The first-order chi connectivity index (χ1) is 15.3. The van der Waals surface area contributed by atoms with Crippen molar-refractivity contribution in [2.75, 3.05) is 0 Å². The molecule has 2 fully saturated rings. The van der Waals surface area contributed by atoms with Gasteiger partial charge in [-0.1, -0.05) is 60.7 Å². The molecule has 0 radical (unpaired) electrons. The maximum absolute atomic E-state index is 13.4. The molecule has 5 rings (SSSR count). The van der Waals surface area contributed by atoms with Crippen LogP contribution in [0.15, 0.2) is 85.2 Å². The molecule has 2 aliphatic heterocycles. The first kappa shape index (κ1) is 19.6. The average Bonchev–Trinajstić information content (AvgIpc) is 3.10. The van der Waals surface area contributed by atoms with Gasteiger partial charge in [0.05, 0.1) is 6.04 Å². The van der Waals surface area contributed by atoms with E-state index in [2.05, 4.69) is 39.5 Å². The smallest absolute Gasteiger partial charge is 0.318 e. The molecule has 3 aromatic rings. The Labute approximate surface area is 183 Å². The number of hydrogen-bond acceptors (Lipinski definition) is 3. The van der Waals surface area contributed by atoms with E-state index in [0.29, 0.717) is 0 Å². The third kappa shape index (κ3) is 4.26. The van der Waals surface area contributed by atoms with Crippen LogP contribution in [0.5, 0.6) is 5.75 Å². The standard InChI is InChI=1S/C26H27N3O2/c30-26(28-25(19-7-3-1-4-8-19)20-9-5-2-6-10-20)29-21-11-12-22(29)18-24(17-21)31-23-13-15-27-16-14-23/h1-10,13-16,21-22,24-25H,11-12,17-18H2,(H,28,30). The fourth-order valence-corrected chi connectivity index (χ4v) is 5.01. The molecule has 2 bridgehead atoms. The zero-order valence-corrected chi connectivity index (χ0v) is 17.4. The summed E-state index contributed by atoms with van der Waals surface area (Å²) in [5, 5.41) is 3.32. The largest absolute Gasteiger partial charge is 0.490 e. The molecule has 5 nitrogen and oxygen atoms in total. The Morgan fingerprint density at radius 1 is 0.871 bits per heavy atom. The number of benzene rings is 2. The van der Waals surface area contributed by atoms with Crippen molar-refractivity contribution >= 4 is 6.03 Å². The summed E-state index contributed by atoms with van der Waals surface area (Å²) < 4.78 is 6.19. The number of amides is 2. The molecule has 2 aliphatic rings. The molecule has 158 valence electrons. The number of fused-ring (bicyclic) bond motifs is 2. The molecule has 2 saturated heterocycles. The summed E-state index contributed by atoms with van der Waals surface area (Å²) >= 11 is 0. The highest BCUT2D eigenvalue weighted by atomic mass is 16.5. The lowest BCUT2D eigenvalue weighted by Crippen LogP contribution is -2.53. The molecule has 3 heterocycles. The molecule has 2 atom stereocenters. The van der Waals surface area contributed by atoms with Gasteiger partial charge in [-0.15, -0.1) is 0 Å². The number of urea groups is 1. The van der Waals surface area contributed by atoms with Gasteiger partial charge < -0.3 is 15.0 Å². The van der Waals surface area contributed by atoms with Crippen molar-refractivity contribution in [1.82, 2.24) is 15.2 Å². The first-order valence-electron chi connectivity index (χ1n) is 11.0. The minimum Gasteiger partial charge on any atom is -0.490 e. The van der Waals surface area contributed by atoms with Crippen molar-refractivity contribution < 1.29 is 9.53 Å². The predicted molar refractivity (Wildman–Crippen MR) is 120 cm³/mol. The molecule has 1 N–H and O–H groups in total. The zero-order valence-electron chi connectivity index (χ0n) is 17.4. The van der Waals surface area contributed by atoms with Crippen LogP contribution in [0.1, 0.15) is 42.9 Å². The number of pyridine rings is 1. The fourth-order valence-electron chi connectivity index (χ4n) is 5.01. The van der Waals surface area contributed by atoms with Gasteiger partial charge >= 0.3 is 6.03 Å². The van der Waals surface area contributed by atoms with E-state index in [0.717, 1.165) is 42.6 Å². The summed E-state index contributed by atoms with van der Waals surface area (Å²) in [6, 6.07) is 24.4. The Morgan fingerprint density at radius 3 is 1.97 bits per heavy atom. The molecular weight excluding hydrogens is 386 g/mol. The van der Waals surface area contributed by atoms with Crippen molar-refractivity contribution in [3.63, 3.8) is 0 Å². The van der Waals surface area contributed by atoms with E-state index in [1.54, 1.807) is 12.4 Å². The van der Waals surface area contributed by atoms with E-state index in [4.69, 9.17) is 4.74 Å². The highest BCUT2D eigenvalue weighted by Crippen LogP contribution is 2.37. The number of nitrogens with zero attached hydrogens (tertiary/aromatic N) is 2. The average molecular weight is 414 g/mol. The van der Waals surface area contributed by atoms with Gasteiger partial charge in [-0.25, -0.2) is 4.79 Å². The number of rotatable bonds is 5. The lowest BCUT2D eigenvalue weighted by molar-refractivity contribution is 0.0681. The molecule has 5 heteroatoms. The number of aromatic nitrogens is 1. The molecule has 2 aromatic carbocycles. The Hall–Kier alpha value is -3.34. The third-order valence-electron chi connectivity index (χ3n) is 6.41. The topological polar surface area (TPSA) is 54.5 Å². The van der Waals surface area contributed by atoms with Crippen molar-refractivity contribution in [2.24, 2.45) is 0 Å². The van der Waals surface area contributed by atoms with Crippen LogP contribution in [0.3, 0.4) is 0 Å². The van der Waals surface area contributed by atoms with Crippen LogP contribution >= 0.6 is 0 Å². The van der Waals surface area contributed by atoms with Crippen LogP contribution in [-0.4, -0.2) is 34.1 Å². The van der Waals surface area contributed by atoms with Gasteiger partial charge in [0, 0.05) is 37.3 Å². The number of hydrogen-bond donors (Lipinski definition) is 1. The van der Waals surface area contributed by atoms with E-state index in [1.807, 2.05) is 48.5 Å². The van der Waals surface area contributed by atoms with Gasteiger partial charge in [-0.05, 0) is 36.1 Å². The molecule has 0 aliphatic carbocycles. The summed E-state index contributed by atoms with van der Waals surface area (Å²) in [4.78, 5) is 19.6. The van der Waals surface area contributed by atoms with Gasteiger partial charge in [0.15, 0.2) is 0 Å². The lowest BCUT2D eigenvalue weighted by atomic mass is 9.98. The highest BCUT2D eigenvalue weighted by molar-refractivity contribution is 5.76. The van der Waals surface area contributed by atoms with E-state index >= 15 is 0 Å². The molecule has 2 unspecified atom stereocenters. The SMILES string of the molecule is O=C(NC(c1ccccc1)c1ccccc1)N1C2CCC1CC(Oc1ccncc1)C2. The van der Waals surface area contributed by atoms with Crippen LogP contribution in [0.4, 0.5) is 4.79 Å². The highest BCUT2D eigenvalue weighted by Gasteiger charge is 2.44. The summed E-state index contributed by atoms with van der Waals surface area (Å²) in [6.45, 7) is 0. The van der Waals surface area contributed by atoms with Gasteiger partial charge in [-0.3, -0.25) is 4.98 Å². The Kier molecular flexibility index (Phi) is 5.57. The van der Waals surface area contributed by atoms with E-state index in [9.17, 15) is 4.79 Å². The van der Waals surface area contributed by atoms with Crippen molar-refractivity contribution in [3.8, 4) is 5.75 Å². The molecule has 0 spiro atoms. The Bertz CT molecular complexity index is 943. The van der Waals surface area contributed by atoms with E-state index in [1.165, 1.54) is 0 Å². The second kappa shape index (κ2) is 8.80. The molecular formula is C26H27N3O2. The summed E-state index contributed by atoms with van der Waals surface area (Å²) in [7, 11) is 0. The van der Waals surface area contributed by atoms with Crippen LogP contribution in [0.2, 0.25) is 0 Å². The van der Waals surface area contributed by atoms with Gasteiger partial charge in [0.25, 0.3) is 0 Å². The fraction of sp³-hybridized carbons (Fsp3) is 0.308. The quantitative estimate of drug-likeness (QED) is 0.644. The van der Waals surface area contributed by atoms with Gasteiger partial charge in [0.2, 0.25) is 0 Å².